The van der Waals surface area contributed by atoms with Crippen molar-refractivity contribution < 1.29 is 14.7 Å². The molecule has 22 heavy (non-hydrogen) atoms. The molecule has 0 aromatic carbocycles. The van der Waals surface area contributed by atoms with E-state index >= 15 is 0 Å². The molecule has 6 nitrogen and oxygen atoms in total. The van der Waals surface area contributed by atoms with E-state index in [1.807, 2.05) is 26.1 Å². The van der Waals surface area contributed by atoms with E-state index in [0.29, 0.717) is 18.4 Å². The number of amides is 1. The van der Waals surface area contributed by atoms with Crippen molar-refractivity contribution in [3.8, 4) is 0 Å². The molecular formula is C16H19N3O3. The summed E-state index contributed by atoms with van der Waals surface area (Å²) >= 11 is 0. The van der Waals surface area contributed by atoms with Gasteiger partial charge in [0.25, 0.3) is 5.91 Å². The first kappa shape index (κ1) is 14.6. The fourth-order valence-electron chi connectivity index (χ4n) is 3.01. The molecular weight excluding hydrogens is 282 g/mol. The van der Waals surface area contributed by atoms with Crippen LogP contribution in [0.5, 0.6) is 0 Å². The molecule has 3 rings (SSSR count). The van der Waals surface area contributed by atoms with Gasteiger partial charge in [-0.25, -0.2) is 4.98 Å². The molecule has 1 aliphatic rings. The number of carboxylic acid groups (broad SMARTS) is 1. The van der Waals surface area contributed by atoms with Gasteiger partial charge in [-0.2, -0.15) is 0 Å². The molecule has 2 unspecified atom stereocenters. The minimum Gasteiger partial charge on any atom is -0.481 e. The first-order valence-corrected chi connectivity index (χ1v) is 7.45. The predicted octanol–water partition coefficient (Wildman–Crippen LogP) is 2.20. The Hall–Kier alpha value is -2.37. The number of pyridine rings is 1. The van der Waals surface area contributed by atoms with Gasteiger partial charge in [-0.3, -0.25) is 9.59 Å². The van der Waals surface area contributed by atoms with E-state index in [1.165, 1.54) is 0 Å². The predicted molar refractivity (Wildman–Crippen MR) is 81.7 cm³/mol. The Kier molecular flexibility index (Phi) is 3.60. The van der Waals surface area contributed by atoms with Gasteiger partial charge in [-0.1, -0.05) is 0 Å². The molecule has 0 spiro atoms. The third-order valence-electron chi connectivity index (χ3n) is 4.48. The van der Waals surface area contributed by atoms with E-state index in [-0.39, 0.29) is 18.5 Å². The monoisotopic (exact) mass is 301 g/mol. The van der Waals surface area contributed by atoms with Gasteiger partial charge in [0.2, 0.25) is 0 Å². The average molecular weight is 301 g/mol. The number of aryl methyl sites for hydroxylation is 1. The van der Waals surface area contributed by atoms with E-state index < -0.39 is 11.9 Å². The van der Waals surface area contributed by atoms with Gasteiger partial charge in [0, 0.05) is 30.4 Å². The number of likely N-dealkylation sites (tertiary alicyclic amines) is 1. The molecule has 1 amide bonds. The molecule has 1 aliphatic heterocycles. The molecule has 1 saturated heterocycles. The summed E-state index contributed by atoms with van der Waals surface area (Å²) in [6.45, 7) is 4.18. The number of aliphatic carboxylic acids is 1. The molecule has 116 valence electrons. The number of hydrogen-bond donors (Lipinski definition) is 2. The maximum Gasteiger partial charge on any atom is 0.308 e. The number of H-pyrrole nitrogens is 1. The van der Waals surface area contributed by atoms with Gasteiger partial charge >= 0.3 is 5.97 Å². The van der Waals surface area contributed by atoms with Crippen molar-refractivity contribution in [2.75, 3.05) is 6.54 Å². The van der Waals surface area contributed by atoms with Gasteiger partial charge < -0.3 is 15.0 Å². The number of carbonyl (C=O) groups excluding carboxylic acids is 1. The molecule has 2 aromatic heterocycles. The molecule has 6 heteroatoms. The minimum atomic E-state index is -0.834. The fraction of sp³-hybridized carbons (Fsp3) is 0.438. The SMILES string of the molecule is Cc1c[nH]c2ncc(C(=O)N3CC(C(=O)O)CCC3C)cc12. The van der Waals surface area contributed by atoms with Crippen LogP contribution in [-0.2, 0) is 4.79 Å². The standard InChI is InChI=1S/C16H19N3O3/c1-9-6-17-14-13(9)5-12(7-18-14)15(20)19-8-11(16(21)22)4-3-10(19)2/h5-7,10-11H,3-4,8H2,1-2H3,(H,17,18)(H,21,22). The van der Waals surface area contributed by atoms with Crippen molar-refractivity contribution in [2.45, 2.75) is 32.7 Å². The molecule has 0 radical (unpaired) electrons. The van der Waals surface area contributed by atoms with Gasteiger partial charge in [-0.05, 0) is 38.3 Å². The second-order valence-corrected chi connectivity index (χ2v) is 6.01. The van der Waals surface area contributed by atoms with Crippen LogP contribution in [0.25, 0.3) is 11.0 Å². The summed E-state index contributed by atoms with van der Waals surface area (Å²) < 4.78 is 0. The average Bonchev–Trinajstić information content (AvgIpc) is 2.88. The van der Waals surface area contributed by atoms with Crippen LogP contribution in [0.1, 0.15) is 35.7 Å². The second-order valence-electron chi connectivity index (χ2n) is 6.01. The number of fused-ring (bicyclic) bond motifs is 1. The maximum absolute atomic E-state index is 12.7. The third-order valence-corrected chi connectivity index (χ3v) is 4.48. The largest absolute Gasteiger partial charge is 0.481 e. The fourth-order valence-corrected chi connectivity index (χ4v) is 3.01. The number of aromatic nitrogens is 2. The Bertz CT molecular complexity index is 737. The number of carboxylic acids is 1. The van der Waals surface area contributed by atoms with Crippen LogP contribution in [0, 0.1) is 12.8 Å². The molecule has 0 bridgehead atoms. The molecule has 0 aliphatic carbocycles. The Morgan fingerprint density at radius 3 is 2.91 bits per heavy atom. The van der Waals surface area contributed by atoms with Gasteiger partial charge in [0.15, 0.2) is 0 Å². The smallest absolute Gasteiger partial charge is 0.308 e. The molecule has 2 N–H and O–H groups in total. The number of carbonyl (C=O) groups is 2. The summed E-state index contributed by atoms with van der Waals surface area (Å²) in [6, 6.07) is 1.87. The van der Waals surface area contributed by atoms with Crippen LogP contribution >= 0.6 is 0 Å². The summed E-state index contributed by atoms with van der Waals surface area (Å²) in [4.78, 5) is 32.9. The zero-order valence-corrected chi connectivity index (χ0v) is 12.7. The van der Waals surface area contributed by atoms with Crippen LogP contribution in [-0.4, -0.2) is 44.4 Å². The summed E-state index contributed by atoms with van der Waals surface area (Å²) in [6.07, 6.45) is 4.74. The van der Waals surface area contributed by atoms with Crippen molar-refractivity contribution >= 4 is 22.9 Å². The first-order valence-electron chi connectivity index (χ1n) is 7.45. The molecule has 0 saturated carbocycles. The van der Waals surface area contributed by atoms with E-state index in [9.17, 15) is 14.7 Å². The van der Waals surface area contributed by atoms with E-state index in [0.717, 1.165) is 16.6 Å². The molecule has 2 aromatic rings. The van der Waals surface area contributed by atoms with E-state index in [2.05, 4.69) is 9.97 Å². The van der Waals surface area contributed by atoms with Crippen LogP contribution in [0.2, 0.25) is 0 Å². The Morgan fingerprint density at radius 1 is 1.41 bits per heavy atom. The summed E-state index contributed by atoms with van der Waals surface area (Å²) in [7, 11) is 0. The third kappa shape index (κ3) is 2.45. The van der Waals surface area contributed by atoms with Crippen LogP contribution < -0.4 is 0 Å². The number of nitrogens with one attached hydrogen (secondary N) is 1. The topological polar surface area (TPSA) is 86.3 Å². The summed E-state index contributed by atoms with van der Waals surface area (Å²) in [5.41, 5.74) is 2.30. The zero-order valence-electron chi connectivity index (χ0n) is 12.7. The van der Waals surface area contributed by atoms with Crippen molar-refractivity contribution in [3.05, 3.63) is 29.6 Å². The Balaban J connectivity index is 1.90. The number of piperidine rings is 1. The summed E-state index contributed by atoms with van der Waals surface area (Å²) in [5, 5.41) is 10.1. The van der Waals surface area contributed by atoms with Crippen molar-refractivity contribution in [1.29, 1.82) is 0 Å². The van der Waals surface area contributed by atoms with Gasteiger partial charge in [-0.15, -0.1) is 0 Å². The Labute approximate surface area is 128 Å². The van der Waals surface area contributed by atoms with Gasteiger partial charge in [0.05, 0.1) is 11.5 Å². The lowest BCUT2D eigenvalue weighted by atomic mass is 9.93. The second kappa shape index (κ2) is 5.44. The van der Waals surface area contributed by atoms with Crippen LogP contribution in [0.15, 0.2) is 18.5 Å². The first-order chi connectivity index (χ1) is 10.5. The van der Waals surface area contributed by atoms with Crippen LogP contribution in [0.3, 0.4) is 0 Å². The molecule has 1 fully saturated rings. The van der Waals surface area contributed by atoms with Gasteiger partial charge in [0.1, 0.15) is 5.65 Å². The van der Waals surface area contributed by atoms with Crippen LogP contribution in [0.4, 0.5) is 0 Å². The quantitative estimate of drug-likeness (QED) is 0.890. The lowest BCUT2D eigenvalue weighted by Gasteiger charge is -2.36. The highest BCUT2D eigenvalue weighted by Gasteiger charge is 2.33. The van der Waals surface area contributed by atoms with E-state index in [1.54, 1.807) is 11.1 Å². The number of hydrogen-bond acceptors (Lipinski definition) is 3. The maximum atomic E-state index is 12.7. The lowest BCUT2D eigenvalue weighted by Crippen LogP contribution is -2.47. The highest BCUT2D eigenvalue weighted by Crippen LogP contribution is 2.25. The van der Waals surface area contributed by atoms with Crippen molar-refractivity contribution in [3.63, 3.8) is 0 Å². The molecule has 2 atom stereocenters. The normalized spacial score (nSPS) is 22.0. The van der Waals surface area contributed by atoms with E-state index in [4.69, 9.17) is 0 Å². The highest BCUT2D eigenvalue weighted by molar-refractivity contribution is 5.98. The molecule has 3 heterocycles. The number of rotatable bonds is 2. The van der Waals surface area contributed by atoms with Crippen molar-refractivity contribution in [1.82, 2.24) is 14.9 Å². The number of aromatic amines is 1. The minimum absolute atomic E-state index is 0.0473. The lowest BCUT2D eigenvalue weighted by molar-refractivity contribution is -0.143. The number of nitrogens with zero attached hydrogens (tertiary/aromatic N) is 2. The Morgan fingerprint density at radius 2 is 2.18 bits per heavy atom. The zero-order chi connectivity index (χ0) is 15.9. The van der Waals surface area contributed by atoms with Crippen molar-refractivity contribution in [2.24, 2.45) is 5.92 Å². The summed E-state index contributed by atoms with van der Waals surface area (Å²) in [5.74, 6) is -1.46. The highest BCUT2D eigenvalue weighted by atomic mass is 16.4.